The highest BCUT2D eigenvalue weighted by Gasteiger charge is 2.28. The maximum Gasteiger partial charge on any atom is 0.257 e. The molecule has 2 unspecified atom stereocenters. The zero-order valence-electron chi connectivity index (χ0n) is 12.7. The molecule has 5 nitrogen and oxygen atoms in total. The molecule has 5 heteroatoms. The maximum absolute atomic E-state index is 12.5. The van der Waals surface area contributed by atoms with Gasteiger partial charge in [0.25, 0.3) is 5.91 Å². The van der Waals surface area contributed by atoms with E-state index in [2.05, 4.69) is 5.10 Å². The number of hydrogen-bond donors (Lipinski definition) is 1. The molecule has 22 heavy (non-hydrogen) atoms. The second kappa shape index (κ2) is 6.32. The number of aliphatic hydroxyl groups excluding tert-OH is 1. The largest absolute Gasteiger partial charge is 0.391 e. The standard InChI is InChI=1S/C17H21N3O2/c1-13-7-8-19(12-16(13)21)17(22)15-9-18-20(11-15)10-14-5-3-2-4-6-14/h2-6,9,11,13,16,21H,7-8,10,12H2,1H3. The van der Waals surface area contributed by atoms with Crippen LogP contribution in [0.15, 0.2) is 42.7 Å². The summed E-state index contributed by atoms with van der Waals surface area (Å²) >= 11 is 0. The van der Waals surface area contributed by atoms with Gasteiger partial charge in [-0.25, -0.2) is 0 Å². The van der Waals surface area contributed by atoms with Gasteiger partial charge in [0, 0.05) is 19.3 Å². The normalized spacial score (nSPS) is 21.8. The molecule has 1 aromatic carbocycles. The fraction of sp³-hybridized carbons (Fsp3) is 0.412. The first-order valence-electron chi connectivity index (χ1n) is 7.67. The van der Waals surface area contributed by atoms with Crippen LogP contribution in [0.5, 0.6) is 0 Å². The predicted octanol–water partition coefficient (Wildman–Crippen LogP) is 1.77. The van der Waals surface area contributed by atoms with Crippen LogP contribution in [-0.4, -0.2) is 44.9 Å². The fourth-order valence-electron chi connectivity index (χ4n) is 2.75. The molecule has 0 aliphatic carbocycles. The van der Waals surface area contributed by atoms with Gasteiger partial charge in [-0.15, -0.1) is 0 Å². The minimum absolute atomic E-state index is 0.0507. The first-order valence-corrected chi connectivity index (χ1v) is 7.67. The van der Waals surface area contributed by atoms with E-state index in [0.29, 0.717) is 25.2 Å². The summed E-state index contributed by atoms with van der Waals surface area (Å²) in [4.78, 5) is 14.2. The first-order chi connectivity index (χ1) is 10.6. The highest BCUT2D eigenvalue weighted by molar-refractivity contribution is 5.93. The van der Waals surface area contributed by atoms with Crippen molar-refractivity contribution in [1.29, 1.82) is 0 Å². The lowest BCUT2D eigenvalue weighted by Gasteiger charge is -2.34. The number of likely N-dealkylation sites (tertiary alicyclic amines) is 1. The number of carbonyl (C=O) groups excluding carboxylic acids is 1. The van der Waals surface area contributed by atoms with Gasteiger partial charge in [0.05, 0.1) is 24.4 Å². The number of benzene rings is 1. The maximum atomic E-state index is 12.5. The molecule has 0 radical (unpaired) electrons. The number of hydrogen-bond acceptors (Lipinski definition) is 3. The van der Waals surface area contributed by atoms with Crippen LogP contribution in [0.4, 0.5) is 0 Å². The average molecular weight is 299 g/mol. The number of aromatic nitrogens is 2. The van der Waals surface area contributed by atoms with Crippen molar-refractivity contribution in [3.8, 4) is 0 Å². The lowest BCUT2D eigenvalue weighted by atomic mass is 9.96. The Labute approximate surface area is 130 Å². The van der Waals surface area contributed by atoms with Gasteiger partial charge in [0.2, 0.25) is 0 Å². The molecule has 0 spiro atoms. The second-order valence-corrected chi connectivity index (χ2v) is 6.00. The molecule has 3 rings (SSSR count). The smallest absolute Gasteiger partial charge is 0.257 e. The Kier molecular flexibility index (Phi) is 4.24. The summed E-state index contributed by atoms with van der Waals surface area (Å²) in [5.41, 5.74) is 1.73. The van der Waals surface area contributed by atoms with E-state index >= 15 is 0 Å². The predicted molar refractivity (Wildman–Crippen MR) is 83.5 cm³/mol. The molecule has 1 aromatic heterocycles. The van der Waals surface area contributed by atoms with Gasteiger partial charge >= 0.3 is 0 Å². The Bertz CT molecular complexity index is 638. The van der Waals surface area contributed by atoms with Gasteiger partial charge in [-0.3, -0.25) is 9.48 Å². The number of rotatable bonds is 3. The van der Waals surface area contributed by atoms with Crippen molar-refractivity contribution in [1.82, 2.24) is 14.7 Å². The quantitative estimate of drug-likeness (QED) is 0.940. The summed E-state index contributed by atoms with van der Waals surface area (Å²) in [6, 6.07) is 10.0. The monoisotopic (exact) mass is 299 g/mol. The summed E-state index contributed by atoms with van der Waals surface area (Å²) in [7, 11) is 0. The Hall–Kier alpha value is -2.14. The fourth-order valence-corrected chi connectivity index (χ4v) is 2.75. The molecular weight excluding hydrogens is 278 g/mol. The van der Waals surface area contributed by atoms with Gasteiger partial charge in [-0.1, -0.05) is 37.3 Å². The third-order valence-corrected chi connectivity index (χ3v) is 4.27. The molecule has 0 saturated carbocycles. The highest BCUT2D eigenvalue weighted by atomic mass is 16.3. The highest BCUT2D eigenvalue weighted by Crippen LogP contribution is 2.19. The third-order valence-electron chi connectivity index (χ3n) is 4.27. The van der Waals surface area contributed by atoms with Gasteiger partial charge < -0.3 is 10.0 Å². The molecule has 1 N–H and O–H groups in total. The summed E-state index contributed by atoms with van der Waals surface area (Å²) in [5, 5.41) is 14.2. The zero-order valence-corrected chi connectivity index (χ0v) is 12.7. The van der Waals surface area contributed by atoms with Crippen molar-refractivity contribution in [2.75, 3.05) is 13.1 Å². The van der Waals surface area contributed by atoms with Crippen LogP contribution in [-0.2, 0) is 6.54 Å². The van der Waals surface area contributed by atoms with Crippen LogP contribution < -0.4 is 0 Å². The topological polar surface area (TPSA) is 58.4 Å². The molecule has 2 atom stereocenters. The van der Waals surface area contributed by atoms with Crippen LogP contribution in [0.2, 0.25) is 0 Å². The van der Waals surface area contributed by atoms with Crippen LogP contribution in [0, 0.1) is 5.92 Å². The van der Waals surface area contributed by atoms with Crippen molar-refractivity contribution >= 4 is 5.91 Å². The van der Waals surface area contributed by atoms with Gasteiger partial charge in [-0.05, 0) is 17.9 Å². The van der Waals surface area contributed by atoms with E-state index in [0.717, 1.165) is 12.0 Å². The number of carbonyl (C=O) groups is 1. The van der Waals surface area contributed by atoms with Crippen molar-refractivity contribution < 1.29 is 9.90 Å². The molecule has 2 heterocycles. The van der Waals surface area contributed by atoms with E-state index in [4.69, 9.17) is 0 Å². The molecule has 1 fully saturated rings. The molecule has 1 aliphatic rings. The average Bonchev–Trinajstić information content (AvgIpc) is 2.99. The summed E-state index contributed by atoms with van der Waals surface area (Å²) in [6.07, 6.45) is 3.79. The van der Waals surface area contributed by atoms with E-state index in [1.807, 2.05) is 37.3 Å². The van der Waals surface area contributed by atoms with E-state index in [1.165, 1.54) is 0 Å². The minimum Gasteiger partial charge on any atom is -0.391 e. The summed E-state index contributed by atoms with van der Waals surface area (Å²) in [6.45, 7) is 3.77. The Balaban J connectivity index is 1.67. The Morgan fingerprint density at radius 3 is 2.86 bits per heavy atom. The number of amides is 1. The second-order valence-electron chi connectivity index (χ2n) is 6.00. The lowest BCUT2D eigenvalue weighted by molar-refractivity contribution is 0.0248. The molecular formula is C17H21N3O2. The molecule has 116 valence electrons. The SMILES string of the molecule is CC1CCN(C(=O)c2cnn(Cc3ccccc3)c2)CC1O. The lowest BCUT2D eigenvalue weighted by Crippen LogP contribution is -2.45. The molecule has 0 bridgehead atoms. The summed E-state index contributed by atoms with van der Waals surface area (Å²) < 4.78 is 1.77. The number of aliphatic hydroxyl groups is 1. The van der Waals surface area contributed by atoms with Crippen LogP contribution in [0.1, 0.15) is 29.3 Å². The van der Waals surface area contributed by atoms with Crippen molar-refractivity contribution in [2.45, 2.75) is 26.0 Å². The zero-order chi connectivity index (χ0) is 15.5. The Morgan fingerprint density at radius 1 is 1.36 bits per heavy atom. The van der Waals surface area contributed by atoms with Crippen LogP contribution >= 0.6 is 0 Å². The van der Waals surface area contributed by atoms with E-state index in [1.54, 1.807) is 22.0 Å². The van der Waals surface area contributed by atoms with E-state index < -0.39 is 6.10 Å². The number of nitrogens with zero attached hydrogens (tertiary/aromatic N) is 3. The van der Waals surface area contributed by atoms with Gasteiger partial charge in [-0.2, -0.15) is 5.10 Å². The Morgan fingerprint density at radius 2 is 2.14 bits per heavy atom. The van der Waals surface area contributed by atoms with Crippen molar-refractivity contribution in [2.24, 2.45) is 5.92 Å². The third kappa shape index (κ3) is 3.20. The van der Waals surface area contributed by atoms with Gasteiger partial charge in [0.15, 0.2) is 0 Å². The number of piperidine rings is 1. The first kappa shape index (κ1) is 14.8. The van der Waals surface area contributed by atoms with Crippen LogP contribution in [0.25, 0.3) is 0 Å². The molecule has 2 aromatic rings. The molecule has 1 saturated heterocycles. The minimum atomic E-state index is -0.433. The molecule has 1 aliphatic heterocycles. The van der Waals surface area contributed by atoms with E-state index in [9.17, 15) is 9.90 Å². The van der Waals surface area contributed by atoms with E-state index in [-0.39, 0.29) is 11.8 Å². The van der Waals surface area contributed by atoms with Crippen LogP contribution in [0.3, 0.4) is 0 Å². The molecule has 1 amide bonds. The number of β-amino-alcohol motifs (C(OH)–C–C–N with tert-alkyl or cyclic N) is 1. The van der Waals surface area contributed by atoms with Crippen molar-refractivity contribution in [3.05, 3.63) is 53.9 Å². The van der Waals surface area contributed by atoms with Gasteiger partial charge in [0.1, 0.15) is 0 Å². The summed E-state index contributed by atoms with van der Waals surface area (Å²) in [5.74, 6) is 0.204. The van der Waals surface area contributed by atoms with Crippen molar-refractivity contribution in [3.63, 3.8) is 0 Å².